The molecule has 1 unspecified atom stereocenters. The summed E-state index contributed by atoms with van der Waals surface area (Å²) in [7, 11) is 1.53. The van der Waals surface area contributed by atoms with E-state index in [9.17, 15) is 9.59 Å². The van der Waals surface area contributed by atoms with Crippen molar-refractivity contribution in [3.8, 4) is 5.88 Å². The van der Waals surface area contributed by atoms with Gasteiger partial charge in [-0.1, -0.05) is 11.3 Å². The molecular formula is C12H11N3O4S. The van der Waals surface area contributed by atoms with E-state index in [1.54, 1.807) is 12.1 Å². The van der Waals surface area contributed by atoms with Gasteiger partial charge >= 0.3 is 5.97 Å². The smallest absolute Gasteiger partial charge is 0.308 e. The molecule has 20 heavy (non-hydrogen) atoms. The van der Waals surface area contributed by atoms with Crippen molar-refractivity contribution in [1.82, 2.24) is 9.97 Å². The third-order valence-electron chi connectivity index (χ3n) is 3.13. The molecule has 104 valence electrons. The topological polar surface area (TPSA) is 92.6 Å². The van der Waals surface area contributed by atoms with Crippen LogP contribution in [-0.4, -0.2) is 40.6 Å². The number of methoxy groups -OCH3 is 1. The van der Waals surface area contributed by atoms with Crippen LogP contribution < -0.4 is 9.64 Å². The molecule has 2 aromatic heterocycles. The number of hydrogen-bond acceptors (Lipinski definition) is 6. The summed E-state index contributed by atoms with van der Waals surface area (Å²) in [6, 6.07) is 3.45. The first-order valence-electron chi connectivity index (χ1n) is 5.93. The fraction of sp³-hybridized carbons (Fsp3) is 0.333. The number of pyridine rings is 1. The Labute approximate surface area is 117 Å². The first kappa shape index (κ1) is 12.8. The molecule has 0 radical (unpaired) electrons. The number of carboxylic acid groups (broad SMARTS) is 1. The van der Waals surface area contributed by atoms with Gasteiger partial charge in [0.2, 0.25) is 11.8 Å². The number of aliphatic carboxylic acids is 1. The van der Waals surface area contributed by atoms with E-state index in [0.717, 1.165) is 0 Å². The minimum absolute atomic E-state index is 0.0159. The Morgan fingerprint density at radius 1 is 1.50 bits per heavy atom. The Hall–Kier alpha value is -2.22. The van der Waals surface area contributed by atoms with Crippen LogP contribution in [0.4, 0.5) is 5.13 Å². The highest BCUT2D eigenvalue weighted by Gasteiger charge is 2.36. The lowest BCUT2D eigenvalue weighted by atomic mass is 10.1. The average Bonchev–Trinajstić information content (AvgIpc) is 3.00. The summed E-state index contributed by atoms with van der Waals surface area (Å²) in [6.45, 7) is 0.158. The van der Waals surface area contributed by atoms with Gasteiger partial charge in [-0.25, -0.2) is 9.97 Å². The molecule has 3 heterocycles. The Bertz CT molecular complexity index is 699. The lowest BCUT2D eigenvalue weighted by Gasteiger charge is -2.10. The molecule has 3 rings (SSSR count). The number of aromatic nitrogens is 2. The molecule has 7 nitrogen and oxygen atoms in total. The number of nitrogens with zero attached hydrogens (tertiary/aromatic N) is 3. The summed E-state index contributed by atoms with van der Waals surface area (Å²) in [5.41, 5.74) is 0.664. The number of rotatable bonds is 3. The summed E-state index contributed by atoms with van der Waals surface area (Å²) >= 11 is 1.25. The Balaban J connectivity index is 1.94. The molecule has 1 N–H and O–H groups in total. The third-order valence-corrected chi connectivity index (χ3v) is 4.12. The molecule has 0 saturated carbocycles. The van der Waals surface area contributed by atoms with E-state index in [-0.39, 0.29) is 18.9 Å². The van der Waals surface area contributed by atoms with E-state index in [4.69, 9.17) is 9.84 Å². The lowest BCUT2D eigenvalue weighted by molar-refractivity contribution is -0.141. The van der Waals surface area contributed by atoms with Gasteiger partial charge in [-0.15, -0.1) is 0 Å². The summed E-state index contributed by atoms with van der Waals surface area (Å²) in [4.78, 5) is 33.5. The fourth-order valence-electron chi connectivity index (χ4n) is 2.08. The van der Waals surface area contributed by atoms with Crippen LogP contribution in [0.1, 0.15) is 6.42 Å². The van der Waals surface area contributed by atoms with Crippen molar-refractivity contribution in [1.29, 1.82) is 0 Å². The second kappa shape index (κ2) is 4.71. The maximum atomic E-state index is 11.9. The van der Waals surface area contributed by atoms with Crippen molar-refractivity contribution in [2.24, 2.45) is 5.92 Å². The molecule has 1 fully saturated rings. The fourth-order valence-corrected chi connectivity index (χ4v) is 3.03. The average molecular weight is 293 g/mol. The zero-order valence-corrected chi connectivity index (χ0v) is 11.4. The summed E-state index contributed by atoms with van der Waals surface area (Å²) in [6.07, 6.45) is 0.0159. The van der Waals surface area contributed by atoms with Gasteiger partial charge in [-0.2, -0.15) is 0 Å². The lowest BCUT2D eigenvalue weighted by Crippen LogP contribution is -2.25. The molecule has 1 aliphatic rings. The van der Waals surface area contributed by atoms with Crippen molar-refractivity contribution < 1.29 is 19.4 Å². The molecule has 2 aromatic rings. The Morgan fingerprint density at radius 3 is 2.95 bits per heavy atom. The molecule has 0 aliphatic carbocycles. The normalized spacial score (nSPS) is 18.8. The number of carbonyl (C=O) groups excluding carboxylic acids is 1. The highest BCUT2D eigenvalue weighted by atomic mass is 32.1. The number of anilines is 1. The predicted octanol–water partition coefficient (Wildman–Crippen LogP) is 1.14. The number of amides is 1. The maximum Gasteiger partial charge on any atom is 0.308 e. The molecular weight excluding hydrogens is 282 g/mol. The van der Waals surface area contributed by atoms with E-state index < -0.39 is 11.9 Å². The van der Waals surface area contributed by atoms with Crippen LogP contribution in [0, 0.1) is 5.92 Å². The van der Waals surface area contributed by atoms with Crippen LogP contribution in [0.3, 0.4) is 0 Å². The van der Waals surface area contributed by atoms with Crippen molar-refractivity contribution >= 4 is 38.7 Å². The Kier molecular flexibility index (Phi) is 3.01. The van der Waals surface area contributed by atoms with E-state index in [0.29, 0.717) is 21.4 Å². The van der Waals surface area contributed by atoms with Crippen LogP contribution in [0.2, 0.25) is 0 Å². The van der Waals surface area contributed by atoms with E-state index in [2.05, 4.69) is 9.97 Å². The first-order chi connectivity index (χ1) is 9.58. The van der Waals surface area contributed by atoms with Gasteiger partial charge in [-0.3, -0.25) is 14.5 Å². The summed E-state index contributed by atoms with van der Waals surface area (Å²) in [5, 5.41) is 9.46. The largest absolute Gasteiger partial charge is 0.481 e. The van der Waals surface area contributed by atoms with Crippen LogP contribution >= 0.6 is 11.3 Å². The number of carboxylic acids is 1. The standard InChI is InChI=1S/C12H11N3O4S/c1-19-8-3-2-7-10(14-8)20-12(13-7)15-5-6(11(17)18)4-9(15)16/h2-3,6H,4-5H2,1H3,(H,17,18). The zero-order valence-electron chi connectivity index (χ0n) is 10.6. The maximum absolute atomic E-state index is 11.9. The van der Waals surface area contributed by atoms with Gasteiger partial charge in [-0.05, 0) is 6.07 Å². The van der Waals surface area contributed by atoms with Gasteiger partial charge in [0.05, 0.1) is 13.0 Å². The van der Waals surface area contributed by atoms with Gasteiger partial charge in [0, 0.05) is 19.0 Å². The molecule has 8 heteroatoms. The van der Waals surface area contributed by atoms with E-state index in [1.807, 2.05) is 0 Å². The molecule has 1 aliphatic heterocycles. The number of hydrogen-bond donors (Lipinski definition) is 1. The second-order valence-corrected chi connectivity index (χ2v) is 5.37. The molecule has 1 atom stereocenters. The van der Waals surface area contributed by atoms with Gasteiger partial charge in [0.1, 0.15) is 10.3 Å². The van der Waals surface area contributed by atoms with Crippen molar-refractivity contribution in [2.75, 3.05) is 18.6 Å². The first-order valence-corrected chi connectivity index (χ1v) is 6.75. The summed E-state index contributed by atoms with van der Waals surface area (Å²) < 4.78 is 5.04. The summed E-state index contributed by atoms with van der Waals surface area (Å²) in [5.74, 6) is -1.37. The zero-order chi connectivity index (χ0) is 14.3. The van der Waals surface area contributed by atoms with E-state index in [1.165, 1.54) is 23.3 Å². The second-order valence-electron chi connectivity index (χ2n) is 4.42. The molecule has 1 amide bonds. The minimum Gasteiger partial charge on any atom is -0.481 e. The van der Waals surface area contributed by atoms with Gasteiger partial charge in [0.15, 0.2) is 5.13 Å². The predicted molar refractivity (Wildman–Crippen MR) is 72.1 cm³/mol. The van der Waals surface area contributed by atoms with E-state index >= 15 is 0 Å². The molecule has 0 bridgehead atoms. The number of thiazole rings is 1. The van der Waals surface area contributed by atoms with Crippen LogP contribution in [0.25, 0.3) is 10.3 Å². The quantitative estimate of drug-likeness (QED) is 0.912. The SMILES string of the molecule is COc1ccc2nc(N3CC(C(=O)O)CC3=O)sc2n1. The van der Waals surface area contributed by atoms with Crippen molar-refractivity contribution in [3.05, 3.63) is 12.1 Å². The highest BCUT2D eigenvalue weighted by Crippen LogP contribution is 2.32. The van der Waals surface area contributed by atoms with Gasteiger partial charge < -0.3 is 9.84 Å². The highest BCUT2D eigenvalue weighted by molar-refractivity contribution is 7.22. The molecule has 1 saturated heterocycles. The Morgan fingerprint density at radius 2 is 2.30 bits per heavy atom. The van der Waals surface area contributed by atoms with Gasteiger partial charge in [0.25, 0.3) is 0 Å². The molecule has 0 aromatic carbocycles. The minimum atomic E-state index is -0.957. The number of carbonyl (C=O) groups is 2. The van der Waals surface area contributed by atoms with Crippen LogP contribution in [0.5, 0.6) is 5.88 Å². The monoisotopic (exact) mass is 293 g/mol. The van der Waals surface area contributed by atoms with Crippen molar-refractivity contribution in [2.45, 2.75) is 6.42 Å². The molecule has 0 spiro atoms. The number of ether oxygens (including phenoxy) is 1. The van der Waals surface area contributed by atoms with Crippen LogP contribution in [-0.2, 0) is 9.59 Å². The number of fused-ring (bicyclic) bond motifs is 1. The van der Waals surface area contributed by atoms with Crippen LogP contribution in [0.15, 0.2) is 12.1 Å². The van der Waals surface area contributed by atoms with Crippen molar-refractivity contribution in [3.63, 3.8) is 0 Å². The third kappa shape index (κ3) is 2.07.